The molecule has 0 radical (unpaired) electrons. The van der Waals surface area contributed by atoms with Gasteiger partial charge in [-0.1, -0.05) is 24.3 Å². The van der Waals surface area contributed by atoms with Crippen molar-refractivity contribution in [2.24, 2.45) is 0 Å². The van der Waals surface area contributed by atoms with Gasteiger partial charge in [-0.15, -0.1) is 0 Å². The van der Waals surface area contributed by atoms with Gasteiger partial charge in [-0.05, 0) is 51.0 Å². The van der Waals surface area contributed by atoms with Gasteiger partial charge in [0, 0.05) is 22.5 Å². The Morgan fingerprint density at radius 3 is 1.42 bits per heavy atom. The summed E-state index contributed by atoms with van der Waals surface area (Å²) in [6.45, 7) is 7.49. The van der Waals surface area contributed by atoms with Crippen molar-refractivity contribution in [3.8, 4) is 0 Å². The van der Waals surface area contributed by atoms with Crippen molar-refractivity contribution in [2.75, 3.05) is 10.6 Å². The van der Waals surface area contributed by atoms with E-state index in [4.69, 9.17) is 0 Å². The quantitative estimate of drug-likeness (QED) is 0.840. The Labute approximate surface area is 141 Å². The summed E-state index contributed by atoms with van der Waals surface area (Å²) < 4.78 is 0. The van der Waals surface area contributed by atoms with Crippen molar-refractivity contribution in [1.29, 1.82) is 0 Å². The Morgan fingerprint density at radius 2 is 1.08 bits per heavy atom. The molecule has 4 rings (SSSR count). The van der Waals surface area contributed by atoms with Crippen LogP contribution in [0.15, 0.2) is 36.4 Å². The van der Waals surface area contributed by atoms with E-state index in [9.17, 15) is 9.59 Å². The number of anilines is 2. The largest absolute Gasteiger partial charge is 0.370 e. The summed E-state index contributed by atoms with van der Waals surface area (Å²) in [5.74, 6) is -0.0752. The second kappa shape index (κ2) is 4.47. The van der Waals surface area contributed by atoms with E-state index in [1.54, 1.807) is 0 Å². The van der Waals surface area contributed by atoms with Gasteiger partial charge < -0.3 is 10.6 Å². The fourth-order valence-corrected chi connectivity index (χ4v) is 4.00. The number of carbonyl (C=O) groups excluding carboxylic acids is 2. The topological polar surface area (TPSA) is 58.2 Å². The second-order valence-electron chi connectivity index (χ2n) is 7.15. The van der Waals surface area contributed by atoms with Gasteiger partial charge in [0.25, 0.3) is 0 Å². The maximum absolute atomic E-state index is 13.3. The van der Waals surface area contributed by atoms with Crippen LogP contribution in [0.5, 0.6) is 0 Å². The molecule has 0 aliphatic carbocycles. The molecule has 0 saturated carbocycles. The highest BCUT2D eigenvalue weighted by atomic mass is 16.1. The van der Waals surface area contributed by atoms with E-state index < -0.39 is 11.1 Å². The highest BCUT2D eigenvalue weighted by molar-refractivity contribution is 6.24. The summed E-state index contributed by atoms with van der Waals surface area (Å²) in [4.78, 5) is 26.5. The van der Waals surface area contributed by atoms with Crippen molar-refractivity contribution in [3.05, 3.63) is 58.7 Å². The number of nitrogens with one attached hydrogen (secondary N) is 2. The number of hydrogen-bond acceptors (Lipinski definition) is 4. The van der Waals surface area contributed by atoms with E-state index in [2.05, 4.69) is 10.6 Å². The molecule has 0 aromatic heterocycles. The summed E-state index contributed by atoms with van der Waals surface area (Å²) >= 11 is 0. The summed E-state index contributed by atoms with van der Waals surface area (Å²) in [7, 11) is 0. The number of carbonyl (C=O) groups is 2. The molecule has 2 aromatic carbocycles. The van der Waals surface area contributed by atoms with Crippen LogP contribution in [0.1, 0.15) is 45.7 Å². The number of fused-ring (bicyclic) bond motifs is 2. The molecular weight excluding hydrogens is 300 g/mol. The molecule has 24 heavy (non-hydrogen) atoms. The number of hydrogen-bond donors (Lipinski definition) is 2. The smallest absolute Gasteiger partial charge is 0.193 e. The van der Waals surface area contributed by atoms with Crippen LogP contribution < -0.4 is 10.6 Å². The van der Waals surface area contributed by atoms with Crippen molar-refractivity contribution in [3.63, 3.8) is 0 Å². The first kappa shape index (κ1) is 14.9. The lowest BCUT2D eigenvalue weighted by molar-refractivity contribution is 0.0781. The van der Waals surface area contributed by atoms with Crippen molar-refractivity contribution < 1.29 is 9.59 Å². The van der Waals surface area contributed by atoms with Crippen LogP contribution >= 0.6 is 0 Å². The zero-order valence-corrected chi connectivity index (χ0v) is 14.3. The molecule has 2 aliphatic heterocycles. The van der Waals surface area contributed by atoms with E-state index in [1.807, 2.05) is 64.1 Å². The van der Waals surface area contributed by atoms with Gasteiger partial charge in [0.05, 0.1) is 0 Å². The fourth-order valence-electron chi connectivity index (χ4n) is 4.00. The molecule has 0 saturated heterocycles. The third-order valence-electron chi connectivity index (χ3n) is 5.68. The molecule has 2 heterocycles. The van der Waals surface area contributed by atoms with E-state index in [-0.39, 0.29) is 11.6 Å². The Kier molecular flexibility index (Phi) is 2.78. The molecular formula is C20H20N2O2. The van der Waals surface area contributed by atoms with Gasteiger partial charge in [-0.25, -0.2) is 0 Å². The maximum atomic E-state index is 13.3. The van der Waals surface area contributed by atoms with Crippen LogP contribution in [-0.2, 0) is 0 Å². The number of benzene rings is 2. The van der Waals surface area contributed by atoms with Crippen LogP contribution in [0.4, 0.5) is 11.4 Å². The highest BCUT2D eigenvalue weighted by Crippen LogP contribution is 2.46. The SMILES string of the molecule is Cc1cccc2c1C(=O)[C@@](C)([C@]1(C)Nc3cccc(C)c3C1=O)N2. The molecule has 0 bridgehead atoms. The third-order valence-corrected chi connectivity index (χ3v) is 5.68. The van der Waals surface area contributed by atoms with Gasteiger partial charge in [0.2, 0.25) is 0 Å². The minimum absolute atomic E-state index is 0.0376. The first-order valence-corrected chi connectivity index (χ1v) is 8.15. The summed E-state index contributed by atoms with van der Waals surface area (Å²) in [5.41, 5.74) is 2.74. The van der Waals surface area contributed by atoms with Gasteiger partial charge in [-0.2, -0.15) is 0 Å². The lowest BCUT2D eigenvalue weighted by atomic mass is 9.73. The maximum Gasteiger partial charge on any atom is 0.193 e. The Balaban J connectivity index is 1.86. The summed E-state index contributed by atoms with van der Waals surface area (Å²) in [5, 5.41) is 6.67. The minimum Gasteiger partial charge on any atom is -0.370 e. The van der Waals surface area contributed by atoms with E-state index in [0.717, 1.165) is 22.5 Å². The monoisotopic (exact) mass is 320 g/mol. The predicted molar refractivity (Wildman–Crippen MR) is 95.1 cm³/mol. The summed E-state index contributed by atoms with van der Waals surface area (Å²) in [6.07, 6.45) is 0. The summed E-state index contributed by atoms with van der Waals surface area (Å²) in [6, 6.07) is 11.5. The Morgan fingerprint density at radius 1 is 0.708 bits per heavy atom. The fraction of sp³-hybridized carbons (Fsp3) is 0.300. The molecule has 2 atom stereocenters. The Hall–Kier alpha value is -2.62. The van der Waals surface area contributed by atoms with E-state index >= 15 is 0 Å². The van der Waals surface area contributed by atoms with Crippen molar-refractivity contribution in [2.45, 2.75) is 38.8 Å². The average Bonchev–Trinajstić information content (AvgIpc) is 2.95. The van der Waals surface area contributed by atoms with Crippen LogP contribution in [-0.4, -0.2) is 22.6 Å². The van der Waals surface area contributed by atoms with Gasteiger partial charge >= 0.3 is 0 Å². The number of ketones is 2. The first-order chi connectivity index (χ1) is 11.3. The van der Waals surface area contributed by atoms with Crippen molar-refractivity contribution in [1.82, 2.24) is 0 Å². The van der Waals surface area contributed by atoms with Crippen LogP contribution in [0.25, 0.3) is 0 Å². The molecule has 2 aliphatic rings. The third kappa shape index (κ3) is 1.58. The number of Topliss-reactive ketones (excluding diaryl/α,β-unsaturated/α-hetero) is 2. The lowest BCUT2D eigenvalue weighted by Crippen LogP contribution is -2.64. The van der Waals surface area contributed by atoms with E-state index in [0.29, 0.717) is 11.1 Å². The van der Waals surface area contributed by atoms with Gasteiger partial charge in [-0.3, -0.25) is 9.59 Å². The standard InChI is InChI=1S/C20H20N2O2/c1-11-7-5-9-13-15(11)17(23)19(3,21-13)20(4)18(24)16-12(2)8-6-10-14(16)22-20/h5-10,21-22H,1-4H3/t19-,20+. The zero-order valence-electron chi connectivity index (χ0n) is 14.3. The molecule has 2 N–H and O–H groups in total. The normalized spacial score (nSPS) is 27.5. The zero-order chi connectivity index (χ0) is 17.3. The minimum atomic E-state index is -1.04. The van der Waals surface area contributed by atoms with Crippen LogP contribution in [0.3, 0.4) is 0 Å². The Bertz CT molecular complexity index is 842. The number of aryl methyl sites for hydroxylation is 2. The first-order valence-electron chi connectivity index (χ1n) is 8.15. The molecule has 122 valence electrons. The average molecular weight is 320 g/mol. The molecule has 0 spiro atoms. The molecule has 0 fully saturated rings. The van der Waals surface area contributed by atoms with Crippen molar-refractivity contribution >= 4 is 22.9 Å². The predicted octanol–water partition coefficient (Wildman–Crippen LogP) is 3.74. The molecule has 2 aromatic rings. The lowest BCUT2D eigenvalue weighted by Gasteiger charge is -2.39. The molecule has 4 heteroatoms. The molecule has 0 unspecified atom stereocenters. The van der Waals surface area contributed by atoms with Crippen LogP contribution in [0.2, 0.25) is 0 Å². The molecule has 4 nitrogen and oxygen atoms in total. The highest BCUT2D eigenvalue weighted by Gasteiger charge is 2.61. The van der Waals surface area contributed by atoms with Gasteiger partial charge in [0.15, 0.2) is 11.6 Å². The van der Waals surface area contributed by atoms with Gasteiger partial charge in [0.1, 0.15) is 11.1 Å². The van der Waals surface area contributed by atoms with E-state index in [1.165, 1.54) is 0 Å². The molecule has 0 amide bonds. The van der Waals surface area contributed by atoms with Crippen LogP contribution in [0, 0.1) is 13.8 Å². The second-order valence-corrected chi connectivity index (χ2v) is 7.15. The number of rotatable bonds is 1.